The molecule has 1 N–H and O–H groups in total. The molecule has 0 saturated carbocycles. The molecule has 1 aliphatic rings. The van der Waals surface area contributed by atoms with Crippen molar-refractivity contribution in [2.45, 2.75) is 32.9 Å². The molecule has 134 valence electrons. The van der Waals surface area contributed by atoms with E-state index in [1.54, 1.807) is 12.3 Å². The molecule has 1 saturated heterocycles. The van der Waals surface area contributed by atoms with Crippen LogP contribution in [0.5, 0.6) is 0 Å². The molecule has 2 rings (SSSR count). The van der Waals surface area contributed by atoms with Gasteiger partial charge in [-0.15, -0.1) is 0 Å². The monoisotopic (exact) mass is 360 g/mol. The molecular weight excluding hydrogens is 336 g/mol. The summed E-state index contributed by atoms with van der Waals surface area (Å²) >= 11 is 6.44. The Labute approximate surface area is 154 Å². The first-order valence-electron chi connectivity index (χ1n) is 8.47. The number of benzene rings is 1. The van der Waals surface area contributed by atoms with Crippen LogP contribution in [0.3, 0.4) is 0 Å². The molecule has 2 atom stereocenters. The zero-order chi connectivity index (χ0) is 18.4. The summed E-state index contributed by atoms with van der Waals surface area (Å²) < 4.78 is 0. The fraction of sp³-hybridized carbons (Fsp3) is 0.400. The fourth-order valence-electron chi connectivity index (χ4n) is 2.95. The fourth-order valence-corrected chi connectivity index (χ4v) is 3.20. The predicted octanol–water partition coefficient (Wildman–Crippen LogP) is 4.21. The molecule has 1 aliphatic heterocycles. The Morgan fingerprint density at radius 1 is 1.56 bits per heavy atom. The van der Waals surface area contributed by atoms with Crippen LogP contribution in [-0.2, 0) is 11.3 Å². The van der Waals surface area contributed by atoms with Crippen LogP contribution in [0.1, 0.15) is 30.0 Å². The average Bonchev–Trinajstić information content (AvgIpc) is 3.03. The summed E-state index contributed by atoms with van der Waals surface area (Å²) in [5.41, 5.74) is 3.27. The van der Waals surface area contributed by atoms with Gasteiger partial charge in [-0.1, -0.05) is 42.5 Å². The summed E-state index contributed by atoms with van der Waals surface area (Å²) in [4.78, 5) is 17.6. The van der Waals surface area contributed by atoms with Crippen molar-refractivity contribution in [1.29, 1.82) is 0 Å². The number of carboxylic acid groups (broad SMARTS) is 1. The third-order valence-electron chi connectivity index (χ3n) is 4.45. The second-order valence-electron chi connectivity index (χ2n) is 6.49. The van der Waals surface area contributed by atoms with Crippen LogP contribution in [0, 0.1) is 12.8 Å². The molecule has 1 aromatic rings. The Bertz CT molecular complexity index is 697. The van der Waals surface area contributed by atoms with E-state index in [0.717, 1.165) is 29.8 Å². The summed E-state index contributed by atoms with van der Waals surface area (Å²) in [6, 6.07) is 4.12. The molecule has 0 amide bonds. The van der Waals surface area contributed by atoms with Crippen molar-refractivity contribution < 1.29 is 9.90 Å². The van der Waals surface area contributed by atoms with Crippen molar-refractivity contribution in [2.75, 3.05) is 13.1 Å². The highest BCUT2D eigenvalue weighted by atomic mass is 35.5. The molecule has 25 heavy (non-hydrogen) atoms. The normalized spacial score (nSPS) is 19.7. The van der Waals surface area contributed by atoms with Crippen LogP contribution in [0.4, 0.5) is 0 Å². The van der Waals surface area contributed by atoms with E-state index in [-0.39, 0.29) is 12.0 Å². The van der Waals surface area contributed by atoms with E-state index in [2.05, 4.69) is 29.5 Å². The Morgan fingerprint density at radius 3 is 2.96 bits per heavy atom. The molecule has 1 aromatic carbocycles. The van der Waals surface area contributed by atoms with Gasteiger partial charge in [-0.25, -0.2) is 0 Å². The Kier molecular flexibility index (Phi) is 6.97. The zero-order valence-electron chi connectivity index (χ0n) is 14.8. The van der Waals surface area contributed by atoms with Gasteiger partial charge < -0.3 is 5.11 Å². The number of aliphatic carboxylic acids is 1. The van der Waals surface area contributed by atoms with Crippen LogP contribution in [-0.4, -0.2) is 41.3 Å². The van der Waals surface area contributed by atoms with Gasteiger partial charge in [-0.3, -0.25) is 14.7 Å². The lowest BCUT2D eigenvalue weighted by Crippen LogP contribution is -2.23. The maximum Gasteiger partial charge on any atom is 0.307 e. The molecular formula is C20H25ClN2O2. The molecule has 4 nitrogen and oxygen atoms in total. The second kappa shape index (κ2) is 8.97. The van der Waals surface area contributed by atoms with Gasteiger partial charge >= 0.3 is 5.97 Å². The average molecular weight is 361 g/mol. The van der Waals surface area contributed by atoms with Crippen molar-refractivity contribution in [3.8, 4) is 0 Å². The number of rotatable bonds is 7. The first kappa shape index (κ1) is 19.4. The number of halogens is 1. The van der Waals surface area contributed by atoms with Crippen LogP contribution in [0.2, 0.25) is 5.02 Å². The molecule has 0 aliphatic carbocycles. The van der Waals surface area contributed by atoms with Gasteiger partial charge in [0, 0.05) is 24.3 Å². The second-order valence-corrected chi connectivity index (χ2v) is 6.90. The number of carbonyl (C=O) groups is 1. The van der Waals surface area contributed by atoms with E-state index in [0.29, 0.717) is 18.0 Å². The van der Waals surface area contributed by atoms with E-state index in [4.69, 9.17) is 16.7 Å². The van der Waals surface area contributed by atoms with E-state index >= 15 is 0 Å². The minimum Gasteiger partial charge on any atom is -0.481 e. The standard InChI is InChI=1S/C20H25ClN2O2/c1-4-8-22-15(3)5-6-16-10-14(2)18(11-19(16)21)13-23-9-7-17(12-23)20(24)25/h4-6,8,10-11,15,17H,1,7,9,12-13H2,2-3H3,(H,24,25)/b6-5+,22-8-/t15?,17-/m1/s1. The van der Waals surface area contributed by atoms with Gasteiger partial charge in [0.05, 0.1) is 12.0 Å². The minimum atomic E-state index is -0.703. The summed E-state index contributed by atoms with van der Waals surface area (Å²) in [7, 11) is 0. The number of hydrogen-bond donors (Lipinski definition) is 1. The Balaban J connectivity index is 2.07. The van der Waals surface area contributed by atoms with Crippen LogP contribution >= 0.6 is 11.6 Å². The van der Waals surface area contributed by atoms with Crippen LogP contribution in [0.25, 0.3) is 6.08 Å². The molecule has 1 unspecified atom stereocenters. The highest BCUT2D eigenvalue weighted by molar-refractivity contribution is 6.32. The van der Waals surface area contributed by atoms with Crippen molar-refractivity contribution in [3.05, 3.63) is 52.6 Å². The van der Waals surface area contributed by atoms with Gasteiger partial charge in [-0.2, -0.15) is 0 Å². The Morgan fingerprint density at radius 2 is 2.32 bits per heavy atom. The number of allylic oxidation sites excluding steroid dienone is 1. The van der Waals surface area contributed by atoms with E-state index < -0.39 is 5.97 Å². The van der Waals surface area contributed by atoms with Crippen molar-refractivity contribution in [1.82, 2.24) is 4.90 Å². The number of hydrogen-bond acceptors (Lipinski definition) is 3. The van der Waals surface area contributed by atoms with Crippen LogP contribution < -0.4 is 0 Å². The lowest BCUT2D eigenvalue weighted by atomic mass is 10.0. The highest BCUT2D eigenvalue weighted by Crippen LogP contribution is 2.26. The van der Waals surface area contributed by atoms with Gasteiger partial charge in [0.1, 0.15) is 0 Å². The molecule has 0 spiro atoms. The number of carboxylic acids is 1. The number of aliphatic imine (C=N–C) groups is 1. The number of aryl methyl sites for hydroxylation is 1. The smallest absolute Gasteiger partial charge is 0.307 e. The van der Waals surface area contributed by atoms with Gasteiger partial charge in [0.25, 0.3) is 0 Å². The summed E-state index contributed by atoms with van der Waals surface area (Å²) in [6.45, 7) is 9.83. The number of likely N-dealkylation sites (tertiary alicyclic amines) is 1. The summed E-state index contributed by atoms with van der Waals surface area (Å²) in [5.74, 6) is -0.957. The SMILES string of the molecule is C=C/C=N\C(C)/C=C/c1cc(C)c(CN2CC[C@@H](C(=O)O)C2)cc1Cl. The Hall–Kier alpha value is -1.91. The first-order chi connectivity index (χ1) is 11.9. The lowest BCUT2D eigenvalue weighted by molar-refractivity contribution is -0.141. The van der Waals surface area contributed by atoms with Crippen molar-refractivity contribution >= 4 is 29.9 Å². The van der Waals surface area contributed by atoms with E-state index in [9.17, 15) is 4.79 Å². The molecule has 1 fully saturated rings. The molecule has 0 bridgehead atoms. The lowest BCUT2D eigenvalue weighted by Gasteiger charge is -2.18. The summed E-state index contributed by atoms with van der Waals surface area (Å²) in [6.07, 6.45) is 8.04. The third kappa shape index (κ3) is 5.55. The largest absolute Gasteiger partial charge is 0.481 e. The van der Waals surface area contributed by atoms with E-state index in [1.165, 1.54) is 0 Å². The minimum absolute atomic E-state index is 0.0617. The topological polar surface area (TPSA) is 52.9 Å². The third-order valence-corrected chi connectivity index (χ3v) is 4.78. The quantitative estimate of drug-likeness (QED) is 0.741. The first-order valence-corrected chi connectivity index (χ1v) is 8.85. The van der Waals surface area contributed by atoms with Crippen molar-refractivity contribution in [2.24, 2.45) is 10.9 Å². The van der Waals surface area contributed by atoms with Gasteiger partial charge in [0.2, 0.25) is 0 Å². The predicted molar refractivity (Wildman–Crippen MR) is 104 cm³/mol. The molecule has 0 radical (unpaired) electrons. The van der Waals surface area contributed by atoms with Crippen LogP contribution in [0.15, 0.2) is 35.9 Å². The van der Waals surface area contributed by atoms with Gasteiger partial charge in [-0.05, 0) is 49.6 Å². The maximum atomic E-state index is 11.1. The maximum absolute atomic E-state index is 11.1. The highest BCUT2D eigenvalue weighted by Gasteiger charge is 2.28. The summed E-state index contributed by atoms with van der Waals surface area (Å²) in [5, 5.41) is 9.82. The molecule has 1 heterocycles. The van der Waals surface area contributed by atoms with E-state index in [1.807, 2.05) is 25.1 Å². The molecule has 5 heteroatoms. The zero-order valence-corrected chi connectivity index (χ0v) is 15.5. The molecule has 0 aromatic heterocycles. The van der Waals surface area contributed by atoms with Crippen molar-refractivity contribution in [3.63, 3.8) is 0 Å². The number of nitrogens with zero attached hydrogens (tertiary/aromatic N) is 2. The van der Waals surface area contributed by atoms with Gasteiger partial charge in [0.15, 0.2) is 0 Å².